The van der Waals surface area contributed by atoms with Gasteiger partial charge in [0.2, 0.25) is 0 Å². The van der Waals surface area contributed by atoms with E-state index in [-0.39, 0.29) is 5.91 Å². The minimum atomic E-state index is 0.122. The van der Waals surface area contributed by atoms with Crippen LogP contribution >= 0.6 is 11.8 Å². The van der Waals surface area contributed by atoms with Crippen molar-refractivity contribution in [3.63, 3.8) is 0 Å². The Hall–Kier alpha value is -1.04. The number of nitrogens with two attached hydrogens (primary N) is 1. The number of benzene rings is 1. The number of likely N-dealkylation sites (N-methyl/N-ethyl adjacent to an activating group) is 1. The number of carbonyl (C=O) groups excluding carboxylic acids is 1. The van der Waals surface area contributed by atoms with Gasteiger partial charge >= 0.3 is 0 Å². The molecular formula is C15H23N3OS. The highest BCUT2D eigenvalue weighted by molar-refractivity contribution is 7.99. The van der Waals surface area contributed by atoms with Crippen LogP contribution in [0.1, 0.15) is 15.9 Å². The third kappa shape index (κ3) is 3.16. The maximum absolute atomic E-state index is 12.5. The van der Waals surface area contributed by atoms with Gasteiger partial charge in [-0.05, 0) is 38.0 Å². The molecular weight excluding hydrogens is 270 g/mol. The van der Waals surface area contributed by atoms with Gasteiger partial charge in [0.25, 0.3) is 5.91 Å². The Labute approximate surface area is 125 Å². The van der Waals surface area contributed by atoms with E-state index in [4.69, 9.17) is 5.73 Å². The second-order valence-corrected chi connectivity index (χ2v) is 6.49. The highest BCUT2D eigenvalue weighted by Gasteiger charge is 2.36. The molecule has 0 spiro atoms. The van der Waals surface area contributed by atoms with Crippen molar-refractivity contribution in [3.05, 3.63) is 35.4 Å². The zero-order valence-corrected chi connectivity index (χ0v) is 13.2. The quantitative estimate of drug-likeness (QED) is 0.908. The Morgan fingerprint density at radius 1 is 1.35 bits per heavy atom. The molecule has 0 aliphatic carbocycles. The van der Waals surface area contributed by atoms with Crippen LogP contribution < -0.4 is 5.73 Å². The molecule has 1 heterocycles. The second-order valence-electron chi connectivity index (χ2n) is 5.42. The number of hydrogen-bond acceptors (Lipinski definition) is 4. The molecule has 1 aromatic rings. The molecule has 2 N–H and O–H groups in total. The molecule has 0 bridgehead atoms. The van der Waals surface area contributed by atoms with Crippen LogP contribution in [0.4, 0.5) is 0 Å². The van der Waals surface area contributed by atoms with Gasteiger partial charge in [0.1, 0.15) is 0 Å². The third-order valence-electron chi connectivity index (χ3n) is 3.93. The number of amides is 1. The lowest BCUT2D eigenvalue weighted by atomic mass is 10.1. The first-order chi connectivity index (χ1) is 9.56. The lowest BCUT2D eigenvalue weighted by Crippen LogP contribution is -2.37. The van der Waals surface area contributed by atoms with Crippen molar-refractivity contribution < 1.29 is 4.79 Å². The Bertz CT molecular complexity index is 461. The summed E-state index contributed by atoms with van der Waals surface area (Å²) >= 11 is 1.84. The van der Waals surface area contributed by atoms with Gasteiger partial charge in [-0.2, -0.15) is 11.8 Å². The van der Waals surface area contributed by atoms with E-state index in [1.54, 1.807) is 0 Å². The maximum Gasteiger partial charge on any atom is 0.253 e. The molecule has 110 valence electrons. The SMILES string of the molecule is CSC1CN(C(=O)c2ccc(CN)cc2)CC1N(C)C. The first-order valence-electron chi connectivity index (χ1n) is 6.84. The Morgan fingerprint density at radius 2 is 2.00 bits per heavy atom. The van der Waals surface area contributed by atoms with Gasteiger partial charge in [-0.15, -0.1) is 0 Å². The van der Waals surface area contributed by atoms with Gasteiger partial charge in [-0.3, -0.25) is 4.79 Å². The van der Waals surface area contributed by atoms with E-state index in [1.807, 2.05) is 40.9 Å². The first-order valence-corrected chi connectivity index (χ1v) is 8.13. The molecule has 1 aromatic carbocycles. The largest absolute Gasteiger partial charge is 0.336 e. The Balaban J connectivity index is 2.09. The minimum absolute atomic E-state index is 0.122. The van der Waals surface area contributed by atoms with Crippen molar-refractivity contribution in [2.45, 2.75) is 17.8 Å². The summed E-state index contributed by atoms with van der Waals surface area (Å²) in [5, 5.41) is 0.484. The van der Waals surface area contributed by atoms with Gasteiger partial charge in [0.15, 0.2) is 0 Å². The summed E-state index contributed by atoms with van der Waals surface area (Å²) < 4.78 is 0. The van der Waals surface area contributed by atoms with Crippen molar-refractivity contribution in [3.8, 4) is 0 Å². The van der Waals surface area contributed by atoms with E-state index >= 15 is 0 Å². The zero-order valence-electron chi connectivity index (χ0n) is 12.4. The minimum Gasteiger partial charge on any atom is -0.336 e. The van der Waals surface area contributed by atoms with E-state index in [0.29, 0.717) is 17.8 Å². The van der Waals surface area contributed by atoms with Crippen LogP contribution in [0.5, 0.6) is 0 Å². The monoisotopic (exact) mass is 293 g/mol. The molecule has 2 rings (SSSR count). The first kappa shape index (κ1) is 15.4. The van der Waals surface area contributed by atoms with Crippen molar-refractivity contribution >= 4 is 17.7 Å². The number of nitrogens with zero attached hydrogens (tertiary/aromatic N) is 2. The van der Waals surface area contributed by atoms with Crippen LogP contribution in [-0.2, 0) is 6.54 Å². The van der Waals surface area contributed by atoms with E-state index in [2.05, 4.69) is 25.3 Å². The summed E-state index contributed by atoms with van der Waals surface area (Å²) in [6.45, 7) is 2.13. The highest BCUT2D eigenvalue weighted by atomic mass is 32.2. The summed E-state index contributed by atoms with van der Waals surface area (Å²) in [6.07, 6.45) is 2.12. The van der Waals surface area contributed by atoms with E-state index in [9.17, 15) is 4.79 Å². The average Bonchev–Trinajstić information content (AvgIpc) is 2.91. The lowest BCUT2D eigenvalue weighted by molar-refractivity contribution is 0.0783. The smallest absolute Gasteiger partial charge is 0.253 e. The predicted molar refractivity (Wildman–Crippen MR) is 85.0 cm³/mol. The summed E-state index contributed by atoms with van der Waals surface area (Å²) in [4.78, 5) is 16.7. The van der Waals surface area contributed by atoms with Crippen LogP contribution in [0.25, 0.3) is 0 Å². The van der Waals surface area contributed by atoms with Crippen molar-refractivity contribution in [2.24, 2.45) is 5.73 Å². The molecule has 1 aliphatic rings. The summed E-state index contributed by atoms with van der Waals surface area (Å²) in [6, 6.07) is 8.04. The summed E-state index contributed by atoms with van der Waals surface area (Å²) in [7, 11) is 4.16. The van der Waals surface area contributed by atoms with Gasteiger partial charge < -0.3 is 15.5 Å². The lowest BCUT2D eigenvalue weighted by Gasteiger charge is -2.23. The van der Waals surface area contributed by atoms with E-state index in [1.165, 1.54) is 0 Å². The van der Waals surface area contributed by atoms with E-state index < -0.39 is 0 Å². The van der Waals surface area contributed by atoms with Gasteiger partial charge in [0, 0.05) is 36.5 Å². The molecule has 2 unspecified atom stereocenters. The molecule has 0 saturated carbocycles. The number of rotatable bonds is 4. The van der Waals surface area contributed by atoms with Crippen LogP contribution in [0, 0.1) is 0 Å². The third-order valence-corrected chi connectivity index (χ3v) is 5.00. The van der Waals surface area contributed by atoms with Gasteiger partial charge in [-0.1, -0.05) is 12.1 Å². The second kappa shape index (κ2) is 6.61. The number of thioether (sulfide) groups is 1. The molecule has 1 aliphatic heterocycles. The molecule has 0 aromatic heterocycles. The molecule has 1 amide bonds. The zero-order chi connectivity index (χ0) is 14.7. The highest BCUT2D eigenvalue weighted by Crippen LogP contribution is 2.25. The standard InChI is InChI=1S/C15H23N3OS/c1-17(2)13-9-18(10-14(13)20-3)15(19)12-6-4-11(8-16)5-7-12/h4-7,13-14H,8-10,16H2,1-3H3. The summed E-state index contributed by atoms with van der Waals surface area (Å²) in [5.74, 6) is 0.122. The van der Waals surface area contributed by atoms with Crippen LogP contribution in [-0.4, -0.2) is 60.4 Å². The normalized spacial score (nSPS) is 22.6. The molecule has 5 heteroatoms. The van der Waals surface area contributed by atoms with Gasteiger partial charge in [0.05, 0.1) is 0 Å². The van der Waals surface area contributed by atoms with Crippen molar-refractivity contribution in [2.75, 3.05) is 33.4 Å². The summed E-state index contributed by atoms with van der Waals surface area (Å²) in [5.41, 5.74) is 7.39. The fraction of sp³-hybridized carbons (Fsp3) is 0.533. The Morgan fingerprint density at radius 3 is 2.45 bits per heavy atom. The van der Waals surface area contributed by atoms with Crippen molar-refractivity contribution in [1.82, 2.24) is 9.80 Å². The maximum atomic E-state index is 12.5. The molecule has 1 saturated heterocycles. The average molecular weight is 293 g/mol. The topological polar surface area (TPSA) is 49.6 Å². The fourth-order valence-electron chi connectivity index (χ4n) is 2.62. The molecule has 20 heavy (non-hydrogen) atoms. The molecule has 0 radical (unpaired) electrons. The number of likely N-dealkylation sites (tertiary alicyclic amines) is 1. The number of carbonyl (C=O) groups is 1. The van der Waals surface area contributed by atoms with Crippen LogP contribution in [0.2, 0.25) is 0 Å². The molecule has 1 fully saturated rings. The molecule has 4 nitrogen and oxygen atoms in total. The van der Waals surface area contributed by atoms with E-state index in [0.717, 1.165) is 24.2 Å². The Kier molecular flexibility index (Phi) is 5.07. The predicted octanol–water partition coefficient (Wildman–Crippen LogP) is 1.26. The molecule has 2 atom stereocenters. The van der Waals surface area contributed by atoms with Crippen LogP contribution in [0.15, 0.2) is 24.3 Å². The fourth-order valence-corrected chi connectivity index (χ4v) is 3.59. The van der Waals surface area contributed by atoms with Gasteiger partial charge in [-0.25, -0.2) is 0 Å². The number of hydrogen-bond donors (Lipinski definition) is 1. The van der Waals surface area contributed by atoms with Crippen molar-refractivity contribution in [1.29, 1.82) is 0 Å². The van der Waals surface area contributed by atoms with Crippen LogP contribution in [0.3, 0.4) is 0 Å².